The summed E-state index contributed by atoms with van der Waals surface area (Å²) in [5.41, 5.74) is 1.11. The standard InChI is InChI=1S/C9H11O2.Li/c1-7-4-8(10-2)6-9(5-7)11-3;/h4-5H,1-3H3;/q-1;+1. The molecule has 0 fully saturated rings. The molecule has 0 bridgehead atoms. The molecule has 0 aliphatic heterocycles. The van der Waals surface area contributed by atoms with E-state index in [1.165, 1.54) is 0 Å². The second kappa shape index (κ2) is 5.13. The summed E-state index contributed by atoms with van der Waals surface area (Å²) in [6, 6.07) is 6.75. The number of rotatable bonds is 2. The van der Waals surface area contributed by atoms with Gasteiger partial charge in [-0.2, -0.15) is 5.56 Å². The Balaban J connectivity index is 0.00000121. The topological polar surface area (TPSA) is 18.5 Å². The predicted molar refractivity (Wildman–Crippen MR) is 43.1 cm³/mol. The Morgan fingerprint density at radius 1 is 1.08 bits per heavy atom. The first-order valence-electron chi connectivity index (χ1n) is 3.38. The fourth-order valence-corrected chi connectivity index (χ4v) is 0.869. The summed E-state index contributed by atoms with van der Waals surface area (Å²) in [5.74, 6) is 1.42. The summed E-state index contributed by atoms with van der Waals surface area (Å²) in [6.07, 6.45) is 0. The minimum Gasteiger partial charge on any atom is -0.522 e. The van der Waals surface area contributed by atoms with Gasteiger partial charge in [0.25, 0.3) is 0 Å². The van der Waals surface area contributed by atoms with Gasteiger partial charge in [-0.1, -0.05) is 13.0 Å². The van der Waals surface area contributed by atoms with Crippen molar-refractivity contribution in [3.8, 4) is 11.5 Å². The molecular weight excluding hydrogens is 147 g/mol. The maximum Gasteiger partial charge on any atom is 1.00 e. The Morgan fingerprint density at radius 3 is 1.83 bits per heavy atom. The number of hydrogen-bond acceptors (Lipinski definition) is 2. The van der Waals surface area contributed by atoms with Gasteiger partial charge in [0.1, 0.15) is 0 Å². The molecule has 0 amide bonds. The molecule has 1 rings (SSSR count). The Bertz CT molecular complexity index is 226. The fraction of sp³-hybridized carbons (Fsp3) is 0.333. The Hall–Kier alpha value is -0.583. The summed E-state index contributed by atoms with van der Waals surface area (Å²) in [4.78, 5) is 0. The van der Waals surface area contributed by atoms with Crippen LogP contribution in [-0.4, -0.2) is 14.2 Å². The van der Waals surface area contributed by atoms with E-state index in [1.54, 1.807) is 14.2 Å². The van der Waals surface area contributed by atoms with Crippen molar-refractivity contribution in [3.63, 3.8) is 0 Å². The third kappa shape index (κ3) is 2.81. The van der Waals surface area contributed by atoms with E-state index >= 15 is 0 Å². The molecule has 60 valence electrons. The molecule has 0 aromatic heterocycles. The summed E-state index contributed by atoms with van der Waals surface area (Å²) in [7, 11) is 3.23. The van der Waals surface area contributed by atoms with Crippen LogP contribution in [0.2, 0.25) is 0 Å². The average molecular weight is 158 g/mol. The molecule has 0 saturated heterocycles. The van der Waals surface area contributed by atoms with E-state index in [0.29, 0.717) is 11.5 Å². The van der Waals surface area contributed by atoms with Crippen LogP contribution < -0.4 is 28.3 Å². The molecule has 2 nitrogen and oxygen atoms in total. The Morgan fingerprint density at radius 2 is 1.50 bits per heavy atom. The Kier molecular flexibility index (Phi) is 4.88. The predicted octanol–water partition coefficient (Wildman–Crippen LogP) is -1.18. The van der Waals surface area contributed by atoms with Crippen LogP contribution in [0.1, 0.15) is 5.56 Å². The molecule has 1 aromatic carbocycles. The van der Waals surface area contributed by atoms with Gasteiger partial charge in [0.15, 0.2) is 0 Å². The zero-order valence-electron chi connectivity index (χ0n) is 7.97. The number of methoxy groups -OCH3 is 2. The van der Waals surface area contributed by atoms with Gasteiger partial charge >= 0.3 is 18.9 Å². The molecule has 0 spiro atoms. The van der Waals surface area contributed by atoms with Crippen LogP contribution in [0.4, 0.5) is 0 Å². The van der Waals surface area contributed by atoms with Crippen LogP contribution >= 0.6 is 0 Å². The van der Waals surface area contributed by atoms with Crippen LogP contribution in [0.25, 0.3) is 0 Å². The van der Waals surface area contributed by atoms with Crippen molar-refractivity contribution in [1.29, 1.82) is 0 Å². The van der Waals surface area contributed by atoms with E-state index in [0.717, 1.165) is 5.56 Å². The summed E-state index contributed by atoms with van der Waals surface area (Å²) < 4.78 is 10.0. The third-order valence-electron chi connectivity index (χ3n) is 1.40. The first-order chi connectivity index (χ1) is 5.26. The van der Waals surface area contributed by atoms with Crippen molar-refractivity contribution in [2.45, 2.75) is 6.92 Å². The van der Waals surface area contributed by atoms with Crippen LogP contribution in [0.3, 0.4) is 0 Å². The van der Waals surface area contributed by atoms with Crippen molar-refractivity contribution in [3.05, 3.63) is 23.8 Å². The maximum absolute atomic E-state index is 5.00. The second-order valence-corrected chi connectivity index (χ2v) is 2.29. The largest absolute Gasteiger partial charge is 1.00 e. The molecular formula is C9H11LiO2. The van der Waals surface area contributed by atoms with Crippen molar-refractivity contribution >= 4 is 0 Å². The fourth-order valence-electron chi connectivity index (χ4n) is 0.869. The van der Waals surface area contributed by atoms with E-state index in [-0.39, 0.29) is 18.9 Å². The van der Waals surface area contributed by atoms with Gasteiger partial charge in [0.05, 0.1) is 14.2 Å². The van der Waals surface area contributed by atoms with Crippen LogP contribution in [0.5, 0.6) is 11.5 Å². The molecule has 0 radical (unpaired) electrons. The monoisotopic (exact) mass is 158 g/mol. The van der Waals surface area contributed by atoms with Gasteiger partial charge < -0.3 is 9.47 Å². The molecule has 0 N–H and O–H groups in total. The molecule has 0 unspecified atom stereocenters. The van der Waals surface area contributed by atoms with Gasteiger partial charge in [0, 0.05) is 11.5 Å². The Labute approximate surface area is 85.1 Å². The SMILES string of the molecule is COc1[c-]c(OC)cc(C)c1.[Li+]. The van der Waals surface area contributed by atoms with Gasteiger partial charge in [0.2, 0.25) is 0 Å². The van der Waals surface area contributed by atoms with E-state index in [4.69, 9.17) is 9.47 Å². The minimum atomic E-state index is 0. The molecule has 0 atom stereocenters. The van der Waals surface area contributed by atoms with E-state index in [1.807, 2.05) is 19.1 Å². The first kappa shape index (κ1) is 11.4. The van der Waals surface area contributed by atoms with Crippen molar-refractivity contribution in [2.24, 2.45) is 0 Å². The first-order valence-corrected chi connectivity index (χ1v) is 3.38. The summed E-state index contributed by atoms with van der Waals surface area (Å²) in [5, 5.41) is 0. The van der Waals surface area contributed by atoms with E-state index < -0.39 is 0 Å². The normalized spacial score (nSPS) is 8.58. The van der Waals surface area contributed by atoms with E-state index in [9.17, 15) is 0 Å². The molecule has 1 aromatic rings. The zero-order chi connectivity index (χ0) is 8.27. The maximum atomic E-state index is 5.00. The number of hydrogen-bond donors (Lipinski definition) is 0. The summed E-state index contributed by atoms with van der Waals surface area (Å²) >= 11 is 0. The molecule has 0 aliphatic carbocycles. The number of ether oxygens (including phenoxy) is 2. The third-order valence-corrected chi connectivity index (χ3v) is 1.40. The molecule has 12 heavy (non-hydrogen) atoms. The van der Waals surface area contributed by atoms with Gasteiger partial charge in [-0.05, 0) is 0 Å². The average Bonchev–Trinajstić information content (AvgIpc) is 2.03. The van der Waals surface area contributed by atoms with Crippen LogP contribution in [-0.2, 0) is 0 Å². The van der Waals surface area contributed by atoms with Crippen molar-refractivity contribution in [2.75, 3.05) is 14.2 Å². The van der Waals surface area contributed by atoms with Crippen LogP contribution in [0.15, 0.2) is 12.1 Å². The van der Waals surface area contributed by atoms with Crippen molar-refractivity contribution in [1.82, 2.24) is 0 Å². The van der Waals surface area contributed by atoms with Crippen molar-refractivity contribution < 1.29 is 28.3 Å². The van der Waals surface area contributed by atoms with Gasteiger partial charge in [-0.25, -0.2) is 0 Å². The van der Waals surface area contributed by atoms with Crippen LogP contribution in [0, 0.1) is 13.0 Å². The summed E-state index contributed by atoms with van der Waals surface area (Å²) in [6.45, 7) is 1.98. The molecule has 0 heterocycles. The zero-order valence-corrected chi connectivity index (χ0v) is 7.97. The van der Waals surface area contributed by atoms with Gasteiger partial charge in [-0.15, -0.1) is 12.1 Å². The molecule has 0 aliphatic rings. The van der Waals surface area contributed by atoms with E-state index in [2.05, 4.69) is 6.07 Å². The molecule has 0 saturated carbocycles. The molecule has 3 heteroatoms. The second-order valence-electron chi connectivity index (χ2n) is 2.29. The smallest absolute Gasteiger partial charge is 0.522 e. The minimum absolute atomic E-state index is 0. The quantitative estimate of drug-likeness (QED) is 0.398. The number of benzene rings is 1. The number of aryl methyl sites for hydroxylation is 1. The van der Waals surface area contributed by atoms with Gasteiger partial charge in [-0.3, -0.25) is 0 Å².